The van der Waals surface area contributed by atoms with E-state index in [0.717, 1.165) is 0 Å². The van der Waals surface area contributed by atoms with Crippen LogP contribution in [0.15, 0.2) is 30.3 Å². The molecule has 3 amide bonds. The molecule has 2 unspecified atom stereocenters. The van der Waals surface area contributed by atoms with Crippen molar-refractivity contribution in [1.29, 1.82) is 0 Å². The Hall–Kier alpha value is -2.21. The second-order valence-corrected chi connectivity index (χ2v) is 5.05. The van der Waals surface area contributed by atoms with Crippen LogP contribution in [0.3, 0.4) is 0 Å². The maximum Gasteiger partial charge on any atom is 0.249 e. The van der Waals surface area contributed by atoms with Gasteiger partial charge >= 0.3 is 0 Å². The van der Waals surface area contributed by atoms with Crippen LogP contribution in [0, 0.1) is 0 Å². The molecule has 1 aliphatic rings. The van der Waals surface area contributed by atoms with Gasteiger partial charge in [0, 0.05) is 6.42 Å². The highest BCUT2D eigenvalue weighted by Crippen LogP contribution is 2.18. The summed E-state index contributed by atoms with van der Waals surface area (Å²) in [6.07, 6.45) is 0.505. The number of piperidine rings is 1. The minimum Gasteiger partial charge on any atom is -0.342 e. The van der Waals surface area contributed by atoms with Gasteiger partial charge in [0.2, 0.25) is 17.7 Å². The average Bonchev–Trinajstić information content (AvgIpc) is 2.42. The molecule has 1 aliphatic heterocycles. The molecule has 0 radical (unpaired) electrons. The maximum absolute atomic E-state index is 12.3. The molecule has 0 spiro atoms. The quantitative estimate of drug-likeness (QED) is 0.664. The van der Waals surface area contributed by atoms with E-state index in [1.165, 1.54) is 0 Å². The average molecular weight is 275 g/mol. The van der Waals surface area contributed by atoms with Crippen LogP contribution in [0.2, 0.25) is 0 Å². The van der Waals surface area contributed by atoms with E-state index in [-0.39, 0.29) is 12.3 Å². The number of amides is 3. The van der Waals surface area contributed by atoms with Gasteiger partial charge in [-0.25, -0.2) is 0 Å². The van der Waals surface area contributed by atoms with E-state index in [1.54, 1.807) is 31.2 Å². The molecule has 1 aromatic carbocycles. The lowest BCUT2D eigenvalue weighted by Crippen LogP contribution is -2.58. The highest BCUT2D eigenvalue weighted by Gasteiger charge is 2.35. The first kappa shape index (κ1) is 14.2. The molecule has 6 nitrogen and oxygen atoms in total. The van der Waals surface area contributed by atoms with Crippen LogP contribution in [-0.2, 0) is 19.9 Å². The number of nitrogens with two attached hydrogens (primary N) is 1. The summed E-state index contributed by atoms with van der Waals surface area (Å²) >= 11 is 0. The largest absolute Gasteiger partial charge is 0.342 e. The third-order valence-electron chi connectivity index (χ3n) is 3.39. The summed E-state index contributed by atoms with van der Waals surface area (Å²) in [6, 6.07) is 8.21. The number of hydrogen-bond acceptors (Lipinski definition) is 4. The van der Waals surface area contributed by atoms with Gasteiger partial charge in [0.15, 0.2) is 0 Å². The standard InChI is InChI=1S/C14H17N3O3/c1-14(15,9-5-3-2-4-6-9)13(20)16-10-7-8-11(18)17-12(10)19/h2-6,10H,7-8,15H2,1H3,(H,16,20)(H,17,18,19). The fraction of sp³-hybridized carbons (Fsp3) is 0.357. The molecule has 4 N–H and O–H groups in total. The molecule has 1 heterocycles. The Kier molecular flexibility index (Phi) is 3.85. The van der Waals surface area contributed by atoms with Crippen molar-refractivity contribution < 1.29 is 14.4 Å². The molecule has 0 aromatic heterocycles. The minimum atomic E-state index is -1.23. The Morgan fingerprint density at radius 1 is 1.35 bits per heavy atom. The molecular formula is C14H17N3O3. The van der Waals surface area contributed by atoms with Gasteiger partial charge in [-0.05, 0) is 18.9 Å². The number of benzene rings is 1. The number of carbonyl (C=O) groups excluding carboxylic acids is 3. The molecule has 1 aromatic rings. The van der Waals surface area contributed by atoms with E-state index in [0.29, 0.717) is 12.0 Å². The van der Waals surface area contributed by atoms with E-state index in [2.05, 4.69) is 10.6 Å². The van der Waals surface area contributed by atoms with Gasteiger partial charge in [-0.1, -0.05) is 30.3 Å². The predicted molar refractivity (Wildman–Crippen MR) is 72.3 cm³/mol. The number of hydrogen-bond donors (Lipinski definition) is 3. The Labute approximate surface area is 116 Å². The first-order chi connectivity index (χ1) is 9.41. The van der Waals surface area contributed by atoms with Gasteiger partial charge in [-0.2, -0.15) is 0 Å². The van der Waals surface area contributed by atoms with Crippen molar-refractivity contribution in [3.63, 3.8) is 0 Å². The molecule has 20 heavy (non-hydrogen) atoms. The molecule has 0 aliphatic carbocycles. The third-order valence-corrected chi connectivity index (χ3v) is 3.39. The second-order valence-electron chi connectivity index (χ2n) is 5.05. The summed E-state index contributed by atoms with van der Waals surface area (Å²) in [7, 11) is 0. The van der Waals surface area contributed by atoms with E-state index in [1.807, 2.05) is 6.07 Å². The summed E-state index contributed by atoms with van der Waals surface area (Å²) in [4.78, 5) is 34.9. The smallest absolute Gasteiger partial charge is 0.249 e. The summed E-state index contributed by atoms with van der Waals surface area (Å²) in [6.45, 7) is 1.59. The molecule has 106 valence electrons. The lowest BCUT2D eigenvalue weighted by molar-refractivity contribution is -0.138. The SMILES string of the molecule is CC(N)(C(=O)NC1CCC(=O)NC1=O)c1ccccc1. The van der Waals surface area contributed by atoms with E-state index < -0.39 is 23.4 Å². The van der Waals surface area contributed by atoms with Crippen LogP contribution in [-0.4, -0.2) is 23.8 Å². The molecule has 2 rings (SSSR count). The molecule has 0 bridgehead atoms. The summed E-state index contributed by atoms with van der Waals surface area (Å²) in [5, 5.41) is 4.79. The lowest BCUT2D eigenvalue weighted by Gasteiger charge is -2.28. The Balaban J connectivity index is 2.08. The predicted octanol–water partition coefficient (Wildman–Crippen LogP) is -0.218. The molecule has 2 atom stereocenters. The fourth-order valence-corrected chi connectivity index (χ4v) is 2.05. The van der Waals surface area contributed by atoms with Crippen molar-refractivity contribution in [3.05, 3.63) is 35.9 Å². The van der Waals surface area contributed by atoms with Crippen LogP contribution in [0.1, 0.15) is 25.3 Å². The van der Waals surface area contributed by atoms with Crippen molar-refractivity contribution in [2.45, 2.75) is 31.3 Å². The normalized spacial score (nSPS) is 21.8. The lowest BCUT2D eigenvalue weighted by atomic mass is 9.91. The molecular weight excluding hydrogens is 258 g/mol. The van der Waals surface area contributed by atoms with Gasteiger partial charge in [-0.15, -0.1) is 0 Å². The summed E-state index contributed by atoms with van der Waals surface area (Å²) < 4.78 is 0. The molecule has 1 fully saturated rings. The van der Waals surface area contributed by atoms with E-state index in [9.17, 15) is 14.4 Å². The monoisotopic (exact) mass is 275 g/mol. The van der Waals surface area contributed by atoms with Crippen molar-refractivity contribution in [2.75, 3.05) is 0 Å². The Morgan fingerprint density at radius 3 is 2.60 bits per heavy atom. The zero-order valence-corrected chi connectivity index (χ0v) is 11.2. The van der Waals surface area contributed by atoms with Crippen LogP contribution in [0.4, 0.5) is 0 Å². The Morgan fingerprint density at radius 2 is 2.00 bits per heavy atom. The maximum atomic E-state index is 12.3. The highest BCUT2D eigenvalue weighted by atomic mass is 16.2. The van der Waals surface area contributed by atoms with Crippen molar-refractivity contribution >= 4 is 17.7 Å². The number of carbonyl (C=O) groups is 3. The topological polar surface area (TPSA) is 101 Å². The molecule has 1 saturated heterocycles. The Bertz CT molecular complexity index is 540. The van der Waals surface area contributed by atoms with Crippen LogP contribution in [0.25, 0.3) is 0 Å². The highest BCUT2D eigenvalue weighted by molar-refractivity contribution is 6.02. The number of imide groups is 1. The number of nitrogens with one attached hydrogen (secondary N) is 2. The van der Waals surface area contributed by atoms with Gasteiger partial charge in [0.1, 0.15) is 11.6 Å². The first-order valence-electron chi connectivity index (χ1n) is 6.40. The minimum absolute atomic E-state index is 0.212. The van der Waals surface area contributed by atoms with Crippen LogP contribution in [0.5, 0.6) is 0 Å². The summed E-state index contributed by atoms with van der Waals surface area (Å²) in [5.74, 6) is -1.25. The fourth-order valence-electron chi connectivity index (χ4n) is 2.05. The zero-order valence-electron chi connectivity index (χ0n) is 11.2. The van der Waals surface area contributed by atoms with Crippen molar-refractivity contribution in [2.24, 2.45) is 5.73 Å². The first-order valence-corrected chi connectivity index (χ1v) is 6.40. The molecule has 6 heteroatoms. The summed E-state index contributed by atoms with van der Waals surface area (Å²) in [5.41, 5.74) is 5.48. The van der Waals surface area contributed by atoms with Crippen LogP contribution < -0.4 is 16.4 Å². The van der Waals surface area contributed by atoms with Gasteiger partial charge in [-0.3, -0.25) is 19.7 Å². The third kappa shape index (κ3) is 2.85. The number of rotatable bonds is 3. The van der Waals surface area contributed by atoms with Gasteiger partial charge < -0.3 is 11.1 Å². The zero-order chi connectivity index (χ0) is 14.8. The second kappa shape index (κ2) is 5.42. The van der Waals surface area contributed by atoms with Gasteiger partial charge in [0.05, 0.1) is 0 Å². The molecule has 0 saturated carbocycles. The van der Waals surface area contributed by atoms with Gasteiger partial charge in [0.25, 0.3) is 0 Å². The van der Waals surface area contributed by atoms with Crippen molar-refractivity contribution in [3.8, 4) is 0 Å². The van der Waals surface area contributed by atoms with Crippen molar-refractivity contribution in [1.82, 2.24) is 10.6 Å². The van der Waals surface area contributed by atoms with E-state index >= 15 is 0 Å². The van der Waals surface area contributed by atoms with E-state index in [4.69, 9.17) is 5.73 Å². The van der Waals surface area contributed by atoms with Crippen LogP contribution >= 0.6 is 0 Å².